The molecule has 0 radical (unpaired) electrons. The molecule has 118 valence electrons. The van der Waals surface area contributed by atoms with Crippen molar-refractivity contribution in [3.63, 3.8) is 0 Å². The topological polar surface area (TPSA) is 76.2 Å². The molecule has 5 nitrogen and oxygen atoms in total. The van der Waals surface area contributed by atoms with Crippen molar-refractivity contribution in [2.24, 2.45) is 5.41 Å². The van der Waals surface area contributed by atoms with Crippen molar-refractivity contribution < 1.29 is 27.6 Å². The van der Waals surface area contributed by atoms with E-state index >= 15 is 0 Å². The summed E-state index contributed by atoms with van der Waals surface area (Å²) in [5.41, 5.74) is -0.403. The lowest BCUT2D eigenvalue weighted by Gasteiger charge is -2.24. The SMILES string of the molecule is O=C(O)CC1(Cc2nc(CCC(F)(F)F)no2)CCCC1. The molecule has 8 heteroatoms. The van der Waals surface area contributed by atoms with Gasteiger partial charge in [-0.1, -0.05) is 18.0 Å². The molecule has 1 aliphatic rings. The van der Waals surface area contributed by atoms with Gasteiger partial charge in [0.2, 0.25) is 5.89 Å². The minimum atomic E-state index is -4.25. The molecule has 1 heterocycles. The van der Waals surface area contributed by atoms with Crippen LogP contribution in [0.5, 0.6) is 0 Å². The molecule has 1 N–H and O–H groups in total. The van der Waals surface area contributed by atoms with Gasteiger partial charge in [-0.05, 0) is 18.3 Å². The van der Waals surface area contributed by atoms with Crippen LogP contribution in [-0.2, 0) is 17.6 Å². The number of aromatic nitrogens is 2. The lowest BCUT2D eigenvalue weighted by atomic mass is 9.79. The lowest BCUT2D eigenvalue weighted by Crippen LogP contribution is -2.24. The Morgan fingerprint density at radius 3 is 2.57 bits per heavy atom. The Balaban J connectivity index is 1.98. The van der Waals surface area contributed by atoms with Gasteiger partial charge in [-0.15, -0.1) is 0 Å². The first-order chi connectivity index (χ1) is 9.78. The Morgan fingerprint density at radius 1 is 1.33 bits per heavy atom. The number of aliphatic carboxylic acids is 1. The van der Waals surface area contributed by atoms with Crippen molar-refractivity contribution in [3.05, 3.63) is 11.7 Å². The van der Waals surface area contributed by atoms with Crippen molar-refractivity contribution in [2.75, 3.05) is 0 Å². The highest BCUT2D eigenvalue weighted by atomic mass is 19.4. The van der Waals surface area contributed by atoms with Crippen molar-refractivity contribution in [1.82, 2.24) is 10.1 Å². The minimum absolute atomic E-state index is 0.0193. The molecular weight excluding hydrogens is 289 g/mol. The van der Waals surface area contributed by atoms with Crippen molar-refractivity contribution in [3.8, 4) is 0 Å². The Labute approximate surface area is 119 Å². The van der Waals surface area contributed by atoms with Crippen molar-refractivity contribution in [2.45, 2.75) is 57.5 Å². The zero-order valence-corrected chi connectivity index (χ0v) is 11.4. The van der Waals surface area contributed by atoms with Crippen LogP contribution in [0.2, 0.25) is 0 Å². The molecule has 0 spiro atoms. The standard InChI is InChI=1S/C13H17F3N2O3/c14-13(15,16)6-3-9-17-10(21-18-9)7-12(8-11(19)20)4-1-2-5-12/h1-8H2,(H,19,20). The Bertz CT molecular complexity index is 493. The maximum Gasteiger partial charge on any atom is 0.389 e. The van der Waals surface area contributed by atoms with Gasteiger partial charge in [0.15, 0.2) is 5.82 Å². The van der Waals surface area contributed by atoms with Gasteiger partial charge in [-0.25, -0.2) is 0 Å². The maximum absolute atomic E-state index is 12.1. The maximum atomic E-state index is 12.1. The second-order valence-corrected chi connectivity index (χ2v) is 5.67. The fourth-order valence-electron chi connectivity index (χ4n) is 2.90. The van der Waals surface area contributed by atoms with Gasteiger partial charge >= 0.3 is 12.1 Å². The quantitative estimate of drug-likeness (QED) is 0.873. The molecule has 0 atom stereocenters. The number of carboxylic acid groups (broad SMARTS) is 1. The van der Waals surface area contributed by atoms with Crippen LogP contribution < -0.4 is 0 Å². The van der Waals surface area contributed by atoms with E-state index in [2.05, 4.69) is 10.1 Å². The average Bonchev–Trinajstić information content (AvgIpc) is 2.95. The summed E-state index contributed by atoms with van der Waals surface area (Å²) in [6, 6.07) is 0. The summed E-state index contributed by atoms with van der Waals surface area (Å²) in [6.45, 7) is 0. The normalized spacial score (nSPS) is 18.0. The van der Waals surface area contributed by atoms with Crippen LogP contribution in [0.25, 0.3) is 0 Å². The second-order valence-electron chi connectivity index (χ2n) is 5.67. The van der Waals surface area contributed by atoms with Gasteiger partial charge in [0, 0.05) is 12.8 Å². The lowest BCUT2D eigenvalue weighted by molar-refractivity contribution is -0.139. The third kappa shape index (κ3) is 4.71. The van der Waals surface area contributed by atoms with Crippen LogP contribution in [-0.4, -0.2) is 27.4 Å². The van der Waals surface area contributed by atoms with E-state index in [1.165, 1.54) is 0 Å². The van der Waals surface area contributed by atoms with Gasteiger partial charge in [0.05, 0.1) is 12.8 Å². The number of aryl methyl sites for hydroxylation is 1. The molecule has 1 aliphatic carbocycles. The van der Waals surface area contributed by atoms with Crippen molar-refractivity contribution in [1.29, 1.82) is 0 Å². The molecule has 1 aromatic heterocycles. The van der Waals surface area contributed by atoms with E-state index < -0.39 is 24.0 Å². The van der Waals surface area contributed by atoms with E-state index in [9.17, 15) is 18.0 Å². The van der Waals surface area contributed by atoms with Crippen molar-refractivity contribution >= 4 is 5.97 Å². The van der Waals surface area contributed by atoms with Crippen LogP contribution in [0, 0.1) is 5.41 Å². The van der Waals surface area contributed by atoms with E-state index in [-0.39, 0.29) is 24.6 Å². The number of halogens is 3. The van der Waals surface area contributed by atoms with Gasteiger partial charge < -0.3 is 9.63 Å². The number of alkyl halides is 3. The predicted molar refractivity (Wildman–Crippen MR) is 65.5 cm³/mol. The van der Waals surface area contributed by atoms with Crippen LogP contribution in [0.1, 0.15) is 50.2 Å². The smallest absolute Gasteiger partial charge is 0.389 e. The Hall–Kier alpha value is -1.60. The molecule has 0 bridgehead atoms. The zero-order valence-electron chi connectivity index (χ0n) is 11.4. The third-order valence-electron chi connectivity index (χ3n) is 3.86. The first-order valence-electron chi connectivity index (χ1n) is 6.88. The minimum Gasteiger partial charge on any atom is -0.481 e. The van der Waals surface area contributed by atoms with Gasteiger partial charge in [-0.2, -0.15) is 18.2 Å². The van der Waals surface area contributed by atoms with Crippen LogP contribution in [0.3, 0.4) is 0 Å². The van der Waals surface area contributed by atoms with Gasteiger partial charge in [-0.3, -0.25) is 4.79 Å². The second kappa shape index (κ2) is 6.03. The number of hydrogen-bond acceptors (Lipinski definition) is 4. The summed E-state index contributed by atoms with van der Waals surface area (Å²) in [7, 11) is 0. The highest BCUT2D eigenvalue weighted by Crippen LogP contribution is 2.43. The molecule has 0 unspecified atom stereocenters. The van der Waals surface area contributed by atoms with E-state index in [4.69, 9.17) is 9.63 Å². The first-order valence-corrected chi connectivity index (χ1v) is 6.88. The number of hydrogen-bond donors (Lipinski definition) is 1. The fraction of sp³-hybridized carbons (Fsp3) is 0.769. The largest absolute Gasteiger partial charge is 0.481 e. The molecule has 1 aromatic rings. The molecule has 0 saturated heterocycles. The average molecular weight is 306 g/mol. The van der Waals surface area contributed by atoms with E-state index in [1.54, 1.807) is 0 Å². The number of carbonyl (C=O) groups is 1. The zero-order chi connectivity index (χ0) is 15.5. The van der Waals surface area contributed by atoms with Gasteiger partial charge in [0.25, 0.3) is 0 Å². The molecule has 2 rings (SSSR count). The van der Waals surface area contributed by atoms with E-state index in [0.29, 0.717) is 6.42 Å². The molecule has 1 saturated carbocycles. The predicted octanol–water partition coefficient (Wildman–Crippen LogP) is 3.14. The summed E-state index contributed by atoms with van der Waals surface area (Å²) >= 11 is 0. The highest BCUT2D eigenvalue weighted by molar-refractivity contribution is 5.67. The first kappa shape index (κ1) is 15.8. The summed E-state index contributed by atoms with van der Waals surface area (Å²) < 4.78 is 41.4. The third-order valence-corrected chi connectivity index (χ3v) is 3.86. The Morgan fingerprint density at radius 2 is 2.00 bits per heavy atom. The number of carboxylic acids is 1. The highest BCUT2D eigenvalue weighted by Gasteiger charge is 2.38. The monoisotopic (exact) mass is 306 g/mol. The van der Waals surface area contributed by atoms with E-state index in [0.717, 1.165) is 25.7 Å². The molecule has 1 fully saturated rings. The Kier molecular flexibility index (Phi) is 4.53. The van der Waals surface area contributed by atoms with Crippen LogP contribution >= 0.6 is 0 Å². The molecule has 0 aliphatic heterocycles. The summed E-state index contributed by atoms with van der Waals surface area (Å²) in [5, 5.41) is 12.5. The summed E-state index contributed by atoms with van der Waals surface area (Å²) in [4.78, 5) is 14.9. The summed E-state index contributed by atoms with van der Waals surface area (Å²) in [5.74, 6) is -0.630. The van der Waals surface area contributed by atoms with E-state index in [1.807, 2.05) is 0 Å². The molecule has 0 amide bonds. The fourth-order valence-corrected chi connectivity index (χ4v) is 2.90. The molecular formula is C13H17F3N2O3. The molecule has 21 heavy (non-hydrogen) atoms. The number of rotatable bonds is 6. The van der Waals surface area contributed by atoms with Gasteiger partial charge in [0.1, 0.15) is 0 Å². The van der Waals surface area contributed by atoms with Crippen LogP contribution in [0.4, 0.5) is 13.2 Å². The van der Waals surface area contributed by atoms with Crippen LogP contribution in [0.15, 0.2) is 4.52 Å². The number of nitrogens with zero attached hydrogens (tertiary/aromatic N) is 2. The summed E-state index contributed by atoms with van der Waals surface area (Å²) in [6.07, 6.45) is -1.81. The molecule has 0 aromatic carbocycles.